The standard InChI is InChI=1S/C22H24ClN5O6S/c23-15-3-1-2-13(8-15)11-28-7-5-18(27-28)21(30)16-10-25-6-4-17(16)26-19-9-14(20(29)22(19)31)12-34-35(24,32)33/h1-8,10,14,19-20,22,29,31H,9,11-12H2,(H,25,26)(H2,24,32,33)/t14-,19-,20-,22+/m1/s1. The molecule has 186 valence electrons. The van der Waals surface area contributed by atoms with Crippen LogP contribution in [0.3, 0.4) is 0 Å². The second-order valence-electron chi connectivity index (χ2n) is 8.28. The van der Waals surface area contributed by atoms with Gasteiger partial charge in [-0.15, -0.1) is 0 Å². The Labute approximate surface area is 206 Å². The smallest absolute Gasteiger partial charge is 0.333 e. The first-order valence-electron chi connectivity index (χ1n) is 10.7. The zero-order chi connectivity index (χ0) is 25.2. The number of anilines is 1. The van der Waals surface area contributed by atoms with E-state index in [1.807, 2.05) is 18.2 Å². The number of nitrogens with two attached hydrogens (primary N) is 1. The lowest BCUT2D eigenvalue weighted by molar-refractivity contribution is 0.00781. The summed E-state index contributed by atoms with van der Waals surface area (Å²) < 4.78 is 28.3. The molecule has 1 aliphatic carbocycles. The van der Waals surface area contributed by atoms with Crippen molar-refractivity contribution in [3.05, 3.63) is 76.8 Å². The van der Waals surface area contributed by atoms with Crippen LogP contribution in [0.4, 0.5) is 5.69 Å². The molecular weight excluding hydrogens is 498 g/mol. The van der Waals surface area contributed by atoms with Crippen LogP contribution in [-0.4, -0.2) is 64.0 Å². The molecule has 3 aromatic rings. The second-order valence-corrected chi connectivity index (χ2v) is 9.94. The van der Waals surface area contributed by atoms with Crippen molar-refractivity contribution in [1.29, 1.82) is 0 Å². The van der Waals surface area contributed by atoms with E-state index in [1.54, 1.807) is 29.1 Å². The van der Waals surface area contributed by atoms with Crippen LogP contribution in [0, 0.1) is 5.92 Å². The van der Waals surface area contributed by atoms with Crippen molar-refractivity contribution in [2.45, 2.75) is 31.2 Å². The fraction of sp³-hybridized carbons (Fsp3) is 0.318. The predicted octanol–water partition coefficient (Wildman–Crippen LogP) is 0.953. The monoisotopic (exact) mass is 521 g/mol. The first kappa shape index (κ1) is 25.2. The third-order valence-electron chi connectivity index (χ3n) is 5.76. The summed E-state index contributed by atoms with van der Waals surface area (Å²) in [6.07, 6.45) is 2.28. The number of benzene rings is 1. The highest BCUT2D eigenvalue weighted by molar-refractivity contribution is 7.84. The molecular formula is C22H24ClN5O6S. The van der Waals surface area contributed by atoms with Gasteiger partial charge in [0.1, 0.15) is 11.8 Å². The summed E-state index contributed by atoms with van der Waals surface area (Å²) in [7, 11) is -4.18. The Hall–Kier alpha value is -2.87. The molecule has 5 N–H and O–H groups in total. The van der Waals surface area contributed by atoms with Gasteiger partial charge in [-0.3, -0.25) is 18.6 Å². The van der Waals surface area contributed by atoms with Crippen LogP contribution < -0.4 is 10.5 Å². The van der Waals surface area contributed by atoms with E-state index in [4.69, 9.17) is 16.7 Å². The number of nitrogens with one attached hydrogen (secondary N) is 1. The van der Waals surface area contributed by atoms with Crippen LogP contribution >= 0.6 is 11.6 Å². The van der Waals surface area contributed by atoms with Gasteiger partial charge >= 0.3 is 10.3 Å². The van der Waals surface area contributed by atoms with Gasteiger partial charge in [0.05, 0.1) is 30.9 Å². The van der Waals surface area contributed by atoms with Gasteiger partial charge < -0.3 is 15.5 Å². The minimum absolute atomic E-state index is 0.183. The Morgan fingerprint density at radius 1 is 1.26 bits per heavy atom. The molecule has 11 nitrogen and oxygen atoms in total. The molecule has 0 aliphatic heterocycles. The van der Waals surface area contributed by atoms with Crippen LogP contribution in [0.15, 0.2) is 55.0 Å². The van der Waals surface area contributed by atoms with E-state index in [0.717, 1.165) is 5.56 Å². The SMILES string of the molecule is NS(=O)(=O)OC[C@H]1C[C@@H](Nc2ccncc2C(=O)c2ccn(Cc3cccc(Cl)c3)n2)[C@H](O)[C@@H]1O. The van der Waals surface area contributed by atoms with Crippen molar-refractivity contribution in [3.8, 4) is 0 Å². The maximum atomic E-state index is 13.2. The molecule has 0 unspecified atom stereocenters. The molecule has 4 rings (SSSR count). The highest BCUT2D eigenvalue weighted by Gasteiger charge is 2.42. The lowest BCUT2D eigenvalue weighted by Gasteiger charge is -2.20. The van der Waals surface area contributed by atoms with E-state index in [1.165, 1.54) is 12.4 Å². The summed E-state index contributed by atoms with van der Waals surface area (Å²) >= 11 is 6.03. The number of halogens is 1. The molecule has 2 aromatic heterocycles. The summed E-state index contributed by atoms with van der Waals surface area (Å²) in [4.78, 5) is 17.2. The number of aliphatic hydroxyl groups excluding tert-OH is 2. The van der Waals surface area contributed by atoms with Crippen molar-refractivity contribution in [1.82, 2.24) is 14.8 Å². The average molecular weight is 522 g/mol. The molecule has 2 heterocycles. The topological polar surface area (TPSA) is 170 Å². The number of carbonyl (C=O) groups excluding carboxylic acids is 1. The number of carbonyl (C=O) groups is 1. The van der Waals surface area contributed by atoms with Crippen LogP contribution in [0.2, 0.25) is 5.02 Å². The number of aliphatic hydroxyl groups is 2. The van der Waals surface area contributed by atoms with Gasteiger partial charge in [-0.1, -0.05) is 23.7 Å². The highest BCUT2D eigenvalue weighted by Crippen LogP contribution is 2.31. The molecule has 0 spiro atoms. The Morgan fingerprint density at radius 2 is 2.06 bits per heavy atom. The molecule has 0 radical (unpaired) electrons. The minimum atomic E-state index is -4.18. The van der Waals surface area contributed by atoms with E-state index >= 15 is 0 Å². The first-order chi connectivity index (χ1) is 16.6. The number of nitrogens with zero attached hydrogens (tertiary/aromatic N) is 3. The van der Waals surface area contributed by atoms with Crippen LogP contribution in [-0.2, 0) is 21.0 Å². The van der Waals surface area contributed by atoms with E-state index in [2.05, 4.69) is 19.6 Å². The number of hydrogen-bond donors (Lipinski definition) is 4. The van der Waals surface area contributed by atoms with Crippen molar-refractivity contribution in [2.75, 3.05) is 11.9 Å². The molecule has 1 aliphatic rings. The molecule has 1 fully saturated rings. The molecule has 1 aromatic carbocycles. The van der Waals surface area contributed by atoms with Crippen molar-refractivity contribution in [2.24, 2.45) is 11.1 Å². The van der Waals surface area contributed by atoms with Gasteiger partial charge in [-0.05, 0) is 36.2 Å². The lowest BCUT2D eigenvalue weighted by Crippen LogP contribution is -2.36. The average Bonchev–Trinajstić information content (AvgIpc) is 3.37. The summed E-state index contributed by atoms with van der Waals surface area (Å²) in [5.41, 5.74) is 1.75. The minimum Gasteiger partial charge on any atom is -0.390 e. The summed E-state index contributed by atoms with van der Waals surface area (Å²) in [6, 6.07) is 9.82. The van der Waals surface area contributed by atoms with Gasteiger partial charge in [0, 0.05) is 35.2 Å². The van der Waals surface area contributed by atoms with Gasteiger partial charge in [0.2, 0.25) is 5.78 Å². The quantitative estimate of drug-likeness (QED) is 0.299. The van der Waals surface area contributed by atoms with E-state index < -0.39 is 34.5 Å². The zero-order valence-electron chi connectivity index (χ0n) is 18.4. The highest BCUT2D eigenvalue weighted by atomic mass is 35.5. The molecule has 0 amide bonds. The fourth-order valence-corrected chi connectivity index (χ4v) is 4.62. The van der Waals surface area contributed by atoms with Crippen LogP contribution in [0.5, 0.6) is 0 Å². The molecule has 0 bridgehead atoms. The molecule has 1 saturated carbocycles. The third-order valence-corrected chi connectivity index (χ3v) is 6.46. The first-order valence-corrected chi connectivity index (χ1v) is 12.5. The van der Waals surface area contributed by atoms with Crippen molar-refractivity contribution >= 4 is 33.4 Å². The number of ketones is 1. The maximum Gasteiger partial charge on any atom is 0.333 e. The predicted molar refractivity (Wildman–Crippen MR) is 127 cm³/mol. The Morgan fingerprint density at radius 3 is 2.80 bits per heavy atom. The maximum absolute atomic E-state index is 13.2. The zero-order valence-corrected chi connectivity index (χ0v) is 19.9. The van der Waals surface area contributed by atoms with Crippen LogP contribution in [0.25, 0.3) is 0 Å². The molecule has 0 saturated heterocycles. The lowest BCUT2D eigenvalue weighted by atomic mass is 10.1. The van der Waals surface area contributed by atoms with E-state index in [0.29, 0.717) is 17.3 Å². The molecule has 35 heavy (non-hydrogen) atoms. The van der Waals surface area contributed by atoms with E-state index in [9.17, 15) is 23.4 Å². The third kappa shape index (κ3) is 6.23. The summed E-state index contributed by atoms with van der Waals surface area (Å²) in [6.45, 7) is 0.0571. The fourth-order valence-electron chi connectivity index (χ4n) is 4.05. The number of aromatic nitrogens is 3. The number of rotatable bonds is 9. The van der Waals surface area contributed by atoms with Crippen molar-refractivity contribution < 1.29 is 27.6 Å². The molecule has 13 heteroatoms. The molecule has 4 atom stereocenters. The largest absolute Gasteiger partial charge is 0.390 e. The van der Waals surface area contributed by atoms with Gasteiger partial charge in [-0.2, -0.15) is 13.5 Å². The number of hydrogen-bond acceptors (Lipinski definition) is 9. The van der Waals surface area contributed by atoms with Crippen molar-refractivity contribution in [3.63, 3.8) is 0 Å². The van der Waals surface area contributed by atoms with Gasteiger partial charge in [-0.25, -0.2) is 5.14 Å². The Balaban J connectivity index is 1.47. The summed E-state index contributed by atoms with van der Waals surface area (Å²) in [5, 5.41) is 33.6. The van der Waals surface area contributed by atoms with E-state index in [-0.39, 0.29) is 30.1 Å². The normalized spacial score (nSPS) is 22.3. The Kier molecular flexibility index (Phi) is 7.50. The second kappa shape index (κ2) is 10.4. The van der Waals surface area contributed by atoms with Gasteiger partial charge in [0.25, 0.3) is 0 Å². The Bertz CT molecular complexity index is 1320. The van der Waals surface area contributed by atoms with Crippen LogP contribution in [0.1, 0.15) is 28.0 Å². The number of pyridine rings is 1. The summed E-state index contributed by atoms with van der Waals surface area (Å²) in [5.74, 6) is -1.06. The van der Waals surface area contributed by atoms with Gasteiger partial charge in [0.15, 0.2) is 0 Å².